The zero-order valence-electron chi connectivity index (χ0n) is 46.9. The molecule has 0 spiro atoms. The second-order valence-corrected chi connectivity index (χ2v) is 20.5. The summed E-state index contributed by atoms with van der Waals surface area (Å²) in [7, 11) is -1.00. The van der Waals surface area contributed by atoms with Gasteiger partial charge in [-0.05, 0) is 124 Å². The summed E-state index contributed by atoms with van der Waals surface area (Å²) in [6.45, 7) is 24.9. The van der Waals surface area contributed by atoms with Crippen LogP contribution in [-0.4, -0.2) is 153 Å². The van der Waals surface area contributed by atoms with Crippen molar-refractivity contribution in [2.24, 2.45) is 0 Å². The molecule has 3 N–H and O–H groups in total. The van der Waals surface area contributed by atoms with Crippen LogP contribution in [0.3, 0.4) is 0 Å². The van der Waals surface area contributed by atoms with E-state index >= 15 is 0 Å². The zero-order chi connectivity index (χ0) is 55.7. The number of carbonyl (C=O) groups is 2. The summed E-state index contributed by atoms with van der Waals surface area (Å²) in [6.07, 6.45) is 4.21. The fourth-order valence-electron chi connectivity index (χ4n) is 11.7. The summed E-state index contributed by atoms with van der Waals surface area (Å²) in [6, 6.07) is 27.3. The first-order valence-corrected chi connectivity index (χ1v) is 27.1. The van der Waals surface area contributed by atoms with Crippen LogP contribution in [0.25, 0.3) is 33.3 Å². The van der Waals surface area contributed by atoms with E-state index in [9.17, 15) is 23.9 Å². The van der Waals surface area contributed by atoms with E-state index in [-0.39, 0.29) is 37.5 Å². The Bertz CT molecular complexity index is 3320. The number of hydrogen-bond donors (Lipinski definition) is 3. The third-order valence-electron chi connectivity index (χ3n) is 15.9. The lowest BCUT2D eigenvalue weighted by Gasteiger charge is -2.34. The average Bonchev–Trinajstić information content (AvgIpc) is 4.10. The lowest BCUT2D eigenvalue weighted by Crippen LogP contribution is -2.39. The molecule has 1 amide bonds. The standard InChI is InChI=1S/C34H41N5O4.C26H31N3O4.CH3F.CH4/c1-22-18-23(2)36-34(41)30(22)21-35-33(40)29-20-31-28(26-6-5-7-27(19-26)38-12-16-43-17-13-38)8-9-39(31)32(24(29)3)25(4)37-10-14-42-15-11-37;1-18-23(26(30)31)17-24-22(20-4-3-5-21(16-20)28-10-14-33-15-11-28)6-7-29(24)25(18)19(2)27-8-12-32-13-9-27;1-2;/h5-9,18-20,25H,10-17,21H2,1-4H3,(H,35,40)(H,36,41);3-7,16-17,19H,8-15H2,1-2H3,(H,30,31);1H3;1H4/i;;1D;. The minimum absolute atomic E-state index is 0. The number of aromatic carboxylic acids is 1. The summed E-state index contributed by atoms with van der Waals surface area (Å²) in [4.78, 5) is 51.0. The second kappa shape index (κ2) is 26.4. The van der Waals surface area contributed by atoms with Crippen LogP contribution in [-0.2, 0) is 25.5 Å². The van der Waals surface area contributed by atoms with Gasteiger partial charge in [0.05, 0.1) is 78.0 Å². The van der Waals surface area contributed by atoms with Crippen LogP contribution >= 0.6 is 0 Å². The van der Waals surface area contributed by atoms with Crippen LogP contribution in [0, 0.1) is 27.7 Å². The number of hydrogen-bond acceptors (Lipinski definition) is 11. The second-order valence-electron chi connectivity index (χ2n) is 20.5. The number of benzene rings is 2. The Morgan fingerprint density at radius 1 is 0.646 bits per heavy atom. The number of rotatable bonds is 12. The summed E-state index contributed by atoms with van der Waals surface area (Å²) >= 11 is 0. The maximum absolute atomic E-state index is 13.9. The summed E-state index contributed by atoms with van der Waals surface area (Å²) < 4.78 is 42.2. The Morgan fingerprint density at radius 3 is 1.49 bits per heavy atom. The first kappa shape index (κ1) is 56.8. The van der Waals surface area contributed by atoms with E-state index in [1.807, 2.05) is 45.9 Å². The number of alkyl halides is 1. The molecule has 2 aromatic carbocycles. The third-order valence-corrected chi connectivity index (χ3v) is 15.9. The van der Waals surface area contributed by atoms with Gasteiger partial charge in [-0.2, -0.15) is 0 Å². The minimum Gasteiger partial charge on any atom is -0.478 e. The van der Waals surface area contributed by atoms with Gasteiger partial charge in [0.1, 0.15) is 0 Å². The number of aromatic nitrogens is 3. The van der Waals surface area contributed by atoms with E-state index < -0.39 is 13.1 Å². The van der Waals surface area contributed by atoms with E-state index in [1.54, 1.807) is 0 Å². The SMILES string of the molecule is C.Cc1c(C(=O)O)cc2c(-c3cccc(N4CCOCC4)c3)ccn2c1C(C)N1CCOCC1.Cc1cc(C)c(CNC(=O)c2cc3c(-c4cccc(N5CCOCC5)c4)ccn3c(C(C)N3CCOCC3)c2C)c(=O)[nH]1.[2H]CF. The number of halogens is 1. The number of nitrogens with one attached hydrogen (secondary N) is 2. The van der Waals surface area contributed by atoms with Gasteiger partial charge in [0.25, 0.3) is 11.5 Å². The maximum atomic E-state index is 13.9. The molecule has 0 aliphatic carbocycles. The van der Waals surface area contributed by atoms with Gasteiger partial charge in [0, 0.05) is 134 Å². The zero-order valence-corrected chi connectivity index (χ0v) is 45.9. The van der Waals surface area contributed by atoms with Crippen LogP contribution in [0.2, 0.25) is 0 Å². The smallest absolute Gasteiger partial charge is 0.336 e. The van der Waals surface area contributed by atoms with Gasteiger partial charge in [-0.25, -0.2) is 4.79 Å². The monoisotopic (exact) mass is 1080 g/mol. The first-order chi connectivity index (χ1) is 38.3. The van der Waals surface area contributed by atoms with E-state index in [0.29, 0.717) is 43.1 Å². The van der Waals surface area contributed by atoms with Crippen LogP contribution in [0.15, 0.2) is 96.1 Å². The lowest BCUT2D eigenvalue weighted by molar-refractivity contribution is 0.0186. The Morgan fingerprint density at radius 2 is 1.06 bits per heavy atom. The highest BCUT2D eigenvalue weighted by atomic mass is 19.1. The van der Waals surface area contributed by atoms with Crippen molar-refractivity contribution in [2.75, 3.05) is 122 Å². The predicted molar refractivity (Wildman–Crippen MR) is 311 cm³/mol. The number of amides is 1. The topological polar surface area (TPSA) is 158 Å². The number of ether oxygens (including phenoxy) is 4. The summed E-state index contributed by atoms with van der Waals surface area (Å²) in [5.41, 5.74) is 15.5. The first-order valence-electron chi connectivity index (χ1n) is 27.8. The number of nitrogens with zero attached hydrogens (tertiary/aromatic N) is 6. The fourth-order valence-corrected chi connectivity index (χ4v) is 11.7. The summed E-state index contributed by atoms with van der Waals surface area (Å²) in [5, 5.41) is 13.0. The van der Waals surface area contributed by atoms with Crippen molar-refractivity contribution in [1.82, 2.24) is 28.9 Å². The normalized spacial score (nSPS) is 17.2. The summed E-state index contributed by atoms with van der Waals surface area (Å²) in [5.74, 6) is -1.08. The van der Waals surface area contributed by atoms with Crippen molar-refractivity contribution in [3.63, 3.8) is 0 Å². The molecule has 17 heteroatoms. The molecular weight excluding hydrogens is 1000 g/mol. The molecule has 16 nitrogen and oxygen atoms in total. The Kier molecular flexibility index (Phi) is 19.0. The number of pyridine rings is 3. The van der Waals surface area contributed by atoms with Crippen molar-refractivity contribution in [1.29, 1.82) is 0 Å². The molecule has 11 rings (SSSR count). The highest BCUT2D eigenvalue weighted by Gasteiger charge is 2.29. The van der Waals surface area contributed by atoms with Gasteiger partial charge in [-0.3, -0.25) is 23.8 Å². The van der Waals surface area contributed by atoms with Crippen molar-refractivity contribution < 1.29 is 39.4 Å². The molecule has 422 valence electrons. The van der Waals surface area contributed by atoms with Crippen LogP contribution in [0.5, 0.6) is 0 Å². The van der Waals surface area contributed by atoms with Crippen LogP contribution in [0.4, 0.5) is 15.8 Å². The highest BCUT2D eigenvalue weighted by Crippen LogP contribution is 2.37. The van der Waals surface area contributed by atoms with Gasteiger partial charge in [0.15, 0.2) is 0 Å². The molecule has 2 unspecified atom stereocenters. The number of aryl methyl sites for hydroxylation is 2. The van der Waals surface area contributed by atoms with Crippen molar-refractivity contribution in [3.05, 3.63) is 152 Å². The average molecular weight is 1080 g/mol. The molecule has 0 radical (unpaired) electrons. The number of carbonyl (C=O) groups excluding carboxylic acids is 1. The maximum Gasteiger partial charge on any atom is 0.336 e. The van der Waals surface area contributed by atoms with E-state index in [0.717, 1.165) is 146 Å². The largest absolute Gasteiger partial charge is 0.478 e. The number of fused-ring (bicyclic) bond motifs is 2. The molecule has 7 aromatic rings. The number of aromatic amines is 1. The van der Waals surface area contributed by atoms with Gasteiger partial charge < -0.3 is 53.0 Å². The van der Waals surface area contributed by atoms with Crippen molar-refractivity contribution >= 4 is 34.3 Å². The minimum atomic E-state index is -1.00. The molecule has 4 saturated heterocycles. The Balaban J connectivity index is 0.000000204. The molecule has 4 fully saturated rings. The fraction of sp³-hybridized carbons (Fsp3) is 0.435. The van der Waals surface area contributed by atoms with Crippen molar-refractivity contribution in [3.8, 4) is 22.3 Å². The van der Waals surface area contributed by atoms with Crippen LogP contribution in [0.1, 0.15) is 94.8 Å². The molecule has 2 atom stereocenters. The van der Waals surface area contributed by atoms with E-state index in [2.05, 4.69) is 126 Å². The third kappa shape index (κ3) is 12.6. The Hall–Kier alpha value is -6.86. The number of morpholine rings is 4. The number of anilines is 2. The lowest BCUT2D eigenvalue weighted by atomic mass is 9.98. The number of H-pyrrole nitrogens is 1. The quantitative estimate of drug-likeness (QED) is 0.107. The molecule has 4 aliphatic rings. The van der Waals surface area contributed by atoms with Crippen molar-refractivity contribution in [2.45, 2.75) is 67.6 Å². The van der Waals surface area contributed by atoms with E-state index in [4.69, 9.17) is 20.3 Å². The molecule has 4 aliphatic heterocycles. The molecule has 5 aromatic heterocycles. The number of carboxylic acid groups (broad SMARTS) is 1. The highest BCUT2D eigenvalue weighted by molar-refractivity contribution is 5.99. The Labute approximate surface area is 465 Å². The van der Waals surface area contributed by atoms with Gasteiger partial charge in [0.2, 0.25) is 0 Å². The number of carboxylic acids is 1. The molecule has 79 heavy (non-hydrogen) atoms. The molecular formula is C62H79FN8O8. The van der Waals surface area contributed by atoms with Gasteiger partial charge in [-0.15, -0.1) is 0 Å². The van der Waals surface area contributed by atoms with Gasteiger partial charge in [-0.1, -0.05) is 31.7 Å². The van der Waals surface area contributed by atoms with E-state index in [1.165, 1.54) is 11.4 Å². The predicted octanol–water partition coefficient (Wildman–Crippen LogP) is 9.44. The van der Waals surface area contributed by atoms with Crippen LogP contribution < -0.4 is 20.7 Å². The molecule has 0 bridgehead atoms. The molecule has 9 heterocycles. The van der Waals surface area contributed by atoms with Gasteiger partial charge >= 0.3 is 5.97 Å². The molecule has 0 saturated carbocycles.